The molecule has 4 rings (SSSR count). The lowest BCUT2D eigenvalue weighted by molar-refractivity contribution is -0.192. The molecule has 0 unspecified atom stereocenters. The van der Waals surface area contributed by atoms with E-state index < -0.39 is 12.1 Å². The van der Waals surface area contributed by atoms with Crippen LogP contribution in [0.5, 0.6) is 0 Å². The maximum atomic E-state index is 10.6. The molecular formula is C26H30Cl2F3N5O3. The van der Waals surface area contributed by atoms with Crippen molar-refractivity contribution in [3.8, 4) is 0 Å². The Bertz CT molecular complexity index is 1240. The zero-order valence-electron chi connectivity index (χ0n) is 21.3. The summed E-state index contributed by atoms with van der Waals surface area (Å²) in [5.41, 5.74) is 2.88. The third-order valence-corrected chi connectivity index (χ3v) is 6.43. The van der Waals surface area contributed by atoms with Crippen LogP contribution in [0, 0.1) is 0 Å². The van der Waals surface area contributed by atoms with Gasteiger partial charge in [0, 0.05) is 62.5 Å². The molecule has 0 bridgehead atoms. The van der Waals surface area contributed by atoms with Crippen LogP contribution in [0.2, 0.25) is 10.0 Å². The van der Waals surface area contributed by atoms with Gasteiger partial charge in [0.05, 0.1) is 11.0 Å². The van der Waals surface area contributed by atoms with E-state index in [2.05, 4.69) is 15.1 Å². The van der Waals surface area contributed by atoms with Crippen molar-refractivity contribution < 1.29 is 27.8 Å². The lowest BCUT2D eigenvalue weighted by Gasteiger charge is -2.36. The van der Waals surface area contributed by atoms with E-state index in [1.54, 1.807) is 0 Å². The van der Waals surface area contributed by atoms with Crippen molar-refractivity contribution in [1.29, 1.82) is 0 Å². The second kappa shape index (κ2) is 14.5. The van der Waals surface area contributed by atoms with Crippen LogP contribution >= 0.6 is 23.2 Å². The number of para-hydroxylation sites is 2. The molecule has 3 aromatic rings. The Labute approximate surface area is 234 Å². The molecule has 1 saturated heterocycles. The highest BCUT2D eigenvalue weighted by atomic mass is 35.5. The van der Waals surface area contributed by atoms with Crippen LogP contribution in [0.4, 0.5) is 24.8 Å². The molecule has 0 radical (unpaired) electrons. The highest BCUT2D eigenvalue weighted by Crippen LogP contribution is 2.27. The van der Waals surface area contributed by atoms with E-state index in [4.69, 9.17) is 47.8 Å². The topological polar surface area (TPSA) is 90.8 Å². The number of fused-ring (bicyclic) bond motifs is 1. The standard InChI is InChI=1S/C24H29Cl2N5O.C2HF3O2/c1-2-32-15-5-10-27-23-24(29-22-7-4-3-6-21(22)28-23)31-13-11-30(12-14-31)17-18-16-19(25)8-9-20(18)26;3-2(4,5)1(6)7/h3-4,6-9,16H,2,5,10-15,17H2,1H3,(H,27,28);(H,6,7). The number of halogens is 5. The molecule has 0 atom stereocenters. The third kappa shape index (κ3) is 9.38. The minimum atomic E-state index is -5.08. The molecule has 2 aromatic carbocycles. The van der Waals surface area contributed by atoms with Gasteiger partial charge in [-0.25, -0.2) is 14.8 Å². The van der Waals surface area contributed by atoms with Gasteiger partial charge >= 0.3 is 12.1 Å². The fraction of sp³-hybridized carbons (Fsp3) is 0.423. The summed E-state index contributed by atoms with van der Waals surface area (Å²) in [6, 6.07) is 13.7. The Morgan fingerprint density at radius 2 is 1.72 bits per heavy atom. The van der Waals surface area contributed by atoms with E-state index in [1.807, 2.05) is 49.4 Å². The number of hydrogen-bond donors (Lipinski definition) is 2. The van der Waals surface area contributed by atoms with E-state index in [9.17, 15) is 13.2 Å². The summed E-state index contributed by atoms with van der Waals surface area (Å²) in [5, 5.41) is 12.1. The van der Waals surface area contributed by atoms with Crippen LogP contribution in [-0.4, -0.2) is 78.1 Å². The van der Waals surface area contributed by atoms with Gasteiger partial charge in [-0.2, -0.15) is 13.2 Å². The fourth-order valence-corrected chi connectivity index (χ4v) is 4.25. The average molecular weight is 588 g/mol. The first kappa shape index (κ1) is 30.7. The van der Waals surface area contributed by atoms with E-state index in [0.29, 0.717) is 0 Å². The monoisotopic (exact) mass is 587 g/mol. The summed E-state index contributed by atoms with van der Waals surface area (Å²) >= 11 is 12.5. The molecular weight excluding hydrogens is 558 g/mol. The summed E-state index contributed by atoms with van der Waals surface area (Å²) in [5.74, 6) is -1.00. The number of nitrogens with one attached hydrogen (secondary N) is 1. The van der Waals surface area contributed by atoms with Crippen molar-refractivity contribution in [3.05, 3.63) is 58.1 Å². The minimum Gasteiger partial charge on any atom is -0.475 e. The maximum absolute atomic E-state index is 10.6. The quantitative estimate of drug-likeness (QED) is 0.307. The highest BCUT2D eigenvalue weighted by molar-refractivity contribution is 6.33. The number of aromatic nitrogens is 2. The van der Waals surface area contributed by atoms with Gasteiger partial charge in [-0.1, -0.05) is 35.3 Å². The first-order chi connectivity index (χ1) is 18.6. The van der Waals surface area contributed by atoms with Gasteiger partial charge in [0.2, 0.25) is 0 Å². The number of aliphatic carboxylic acids is 1. The lowest BCUT2D eigenvalue weighted by Crippen LogP contribution is -2.46. The number of piperazine rings is 1. The van der Waals surface area contributed by atoms with Gasteiger partial charge in [-0.3, -0.25) is 4.90 Å². The number of anilines is 2. The Morgan fingerprint density at radius 3 is 2.33 bits per heavy atom. The summed E-state index contributed by atoms with van der Waals surface area (Å²) in [6.07, 6.45) is -4.16. The molecule has 8 nitrogen and oxygen atoms in total. The molecule has 1 fully saturated rings. The van der Waals surface area contributed by atoms with Crippen LogP contribution in [0.3, 0.4) is 0 Å². The van der Waals surface area contributed by atoms with E-state index in [1.165, 1.54) is 0 Å². The van der Waals surface area contributed by atoms with Gasteiger partial charge < -0.3 is 20.1 Å². The van der Waals surface area contributed by atoms with Crippen molar-refractivity contribution in [2.24, 2.45) is 0 Å². The zero-order valence-corrected chi connectivity index (χ0v) is 22.9. The van der Waals surface area contributed by atoms with Crippen molar-refractivity contribution in [3.63, 3.8) is 0 Å². The van der Waals surface area contributed by atoms with Gasteiger partial charge in [-0.15, -0.1) is 0 Å². The van der Waals surface area contributed by atoms with Crippen molar-refractivity contribution >= 4 is 51.8 Å². The number of nitrogens with zero attached hydrogens (tertiary/aromatic N) is 4. The average Bonchev–Trinajstić information content (AvgIpc) is 2.90. The number of alkyl halides is 3. The van der Waals surface area contributed by atoms with Crippen LogP contribution in [0.15, 0.2) is 42.5 Å². The Kier molecular flexibility index (Phi) is 11.4. The molecule has 39 heavy (non-hydrogen) atoms. The second-order valence-corrected chi connectivity index (χ2v) is 9.51. The SMILES string of the molecule is CCOCCCNc1nc2ccccc2nc1N1CCN(Cc2cc(Cl)ccc2Cl)CC1.O=C(O)C(F)(F)F. The van der Waals surface area contributed by atoms with Gasteiger partial charge in [-0.05, 0) is 49.2 Å². The maximum Gasteiger partial charge on any atom is 0.490 e. The number of benzene rings is 2. The van der Waals surface area contributed by atoms with Crippen molar-refractivity contribution in [2.75, 3.05) is 56.2 Å². The number of rotatable bonds is 9. The van der Waals surface area contributed by atoms with E-state index in [0.717, 1.165) is 97.2 Å². The van der Waals surface area contributed by atoms with Crippen LogP contribution in [0.25, 0.3) is 11.0 Å². The van der Waals surface area contributed by atoms with E-state index >= 15 is 0 Å². The Balaban J connectivity index is 0.000000532. The lowest BCUT2D eigenvalue weighted by atomic mass is 10.2. The molecule has 1 aliphatic rings. The smallest absolute Gasteiger partial charge is 0.475 e. The number of ether oxygens (including phenoxy) is 1. The summed E-state index contributed by atoms with van der Waals surface area (Å²) in [6.45, 7) is 8.67. The molecule has 0 saturated carbocycles. The minimum absolute atomic E-state index is 0.717. The predicted molar refractivity (Wildman–Crippen MR) is 147 cm³/mol. The largest absolute Gasteiger partial charge is 0.490 e. The number of carboxylic acids is 1. The normalized spacial score (nSPS) is 14.2. The molecule has 1 aliphatic heterocycles. The summed E-state index contributed by atoms with van der Waals surface area (Å²) < 4.78 is 37.2. The Morgan fingerprint density at radius 1 is 1.08 bits per heavy atom. The molecule has 212 valence electrons. The first-order valence-electron chi connectivity index (χ1n) is 12.4. The van der Waals surface area contributed by atoms with Crippen LogP contribution in [-0.2, 0) is 16.1 Å². The molecule has 0 aliphatic carbocycles. The van der Waals surface area contributed by atoms with Crippen LogP contribution in [0.1, 0.15) is 18.9 Å². The first-order valence-corrected chi connectivity index (χ1v) is 13.1. The van der Waals surface area contributed by atoms with E-state index in [-0.39, 0.29) is 0 Å². The summed E-state index contributed by atoms with van der Waals surface area (Å²) in [4.78, 5) is 23.5. The van der Waals surface area contributed by atoms with Gasteiger partial charge in [0.15, 0.2) is 11.6 Å². The molecule has 0 amide bonds. The molecule has 2 heterocycles. The zero-order chi connectivity index (χ0) is 28.4. The Hall–Kier alpha value is -2.86. The summed E-state index contributed by atoms with van der Waals surface area (Å²) in [7, 11) is 0. The fourth-order valence-electron chi connectivity index (χ4n) is 3.88. The van der Waals surface area contributed by atoms with Crippen molar-refractivity contribution in [1.82, 2.24) is 14.9 Å². The second-order valence-electron chi connectivity index (χ2n) is 8.66. The van der Waals surface area contributed by atoms with Crippen molar-refractivity contribution in [2.45, 2.75) is 26.1 Å². The highest BCUT2D eigenvalue weighted by Gasteiger charge is 2.38. The molecule has 1 aromatic heterocycles. The van der Waals surface area contributed by atoms with Crippen LogP contribution < -0.4 is 10.2 Å². The number of carboxylic acid groups (broad SMARTS) is 1. The predicted octanol–water partition coefficient (Wildman–Crippen LogP) is 5.73. The van der Waals surface area contributed by atoms with Gasteiger partial charge in [0.1, 0.15) is 0 Å². The van der Waals surface area contributed by atoms with Gasteiger partial charge in [0.25, 0.3) is 0 Å². The number of hydrogen-bond acceptors (Lipinski definition) is 7. The number of carbonyl (C=O) groups is 1. The third-order valence-electron chi connectivity index (χ3n) is 5.83. The molecule has 0 spiro atoms. The molecule has 2 N–H and O–H groups in total. The molecule has 13 heteroatoms.